The monoisotopic (exact) mass is 433 g/mol. The minimum absolute atomic E-state index is 0.149. The SMILES string of the molecule is CCn1c(CCC(=O)Cc2cccc(NC(=O)c3ccco3)c2)cnc1-c1cccs1. The van der Waals surface area contributed by atoms with E-state index >= 15 is 0 Å². The van der Waals surface area contributed by atoms with E-state index in [1.807, 2.05) is 35.8 Å². The first-order valence-corrected chi connectivity index (χ1v) is 11.1. The van der Waals surface area contributed by atoms with Crippen molar-refractivity contribution in [3.63, 3.8) is 0 Å². The molecule has 7 heteroatoms. The van der Waals surface area contributed by atoms with E-state index in [1.165, 1.54) is 6.26 Å². The quantitative estimate of drug-likeness (QED) is 0.392. The number of ketones is 1. The van der Waals surface area contributed by atoms with Crippen LogP contribution < -0.4 is 5.32 Å². The molecule has 4 aromatic rings. The summed E-state index contributed by atoms with van der Waals surface area (Å²) >= 11 is 1.66. The number of carbonyl (C=O) groups is 2. The van der Waals surface area contributed by atoms with Crippen LogP contribution in [0.3, 0.4) is 0 Å². The summed E-state index contributed by atoms with van der Waals surface area (Å²) < 4.78 is 7.28. The van der Waals surface area contributed by atoms with Crippen molar-refractivity contribution < 1.29 is 14.0 Å². The molecule has 0 bridgehead atoms. The molecule has 158 valence electrons. The van der Waals surface area contributed by atoms with Gasteiger partial charge in [-0.1, -0.05) is 18.2 Å². The van der Waals surface area contributed by atoms with Crippen LogP contribution in [0.4, 0.5) is 5.69 Å². The Labute approximate surface area is 184 Å². The summed E-state index contributed by atoms with van der Waals surface area (Å²) in [4.78, 5) is 30.4. The zero-order valence-corrected chi connectivity index (χ0v) is 18.0. The van der Waals surface area contributed by atoms with Crippen molar-refractivity contribution in [2.45, 2.75) is 32.7 Å². The molecule has 0 aliphatic carbocycles. The molecule has 0 aliphatic rings. The first-order chi connectivity index (χ1) is 15.1. The molecule has 31 heavy (non-hydrogen) atoms. The number of imidazole rings is 1. The molecule has 3 heterocycles. The van der Waals surface area contributed by atoms with Gasteiger partial charge in [-0.2, -0.15) is 0 Å². The number of amides is 1. The summed E-state index contributed by atoms with van der Waals surface area (Å²) in [6.45, 7) is 2.90. The third-order valence-corrected chi connectivity index (χ3v) is 5.85. The number of carbonyl (C=O) groups excluding carboxylic acids is 2. The van der Waals surface area contributed by atoms with Gasteiger partial charge in [-0.3, -0.25) is 9.59 Å². The maximum Gasteiger partial charge on any atom is 0.291 e. The smallest absolute Gasteiger partial charge is 0.291 e. The van der Waals surface area contributed by atoms with Crippen LogP contribution in [0.15, 0.2) is 70.8 Å². The van der Waals surface area contributed by atoms with Crippen LogP contribution >= 0.6 is 11.3 Å². The average Bonchev–Trinajstić information content (AvgIpc) is 3.54. The summed E-state index contributed by atoms with van der Waals surface area (Å²) in [7, 11) is 0. The van der Waals surface area contributed by atoms with Crippen molar-refractivity contribution in [2.75, 3.05) is 5.32 Å². The Morgan fingerprint density at radius 1 is 1.16 bits per heavy atom. The van der Waals surface area contributed by atoms with Gasteiger partial charge in [0.05, 0.1) is 11.1 Å². The molecule has 1 N–H and O–H groups in total. The van der Waals surface area contributed by atoms with Gasteiger partial charge >= 0.3 is 0 Å². The lowest BCUT2D eigenvalue weighted by Crippen LogP contribution is -2.11. The lowest BCUT2D eigenvalue weighted by molar-refractivity contribution is -0.118. The van der Waals surface area contributed by atoms with Gasteiger partial charge in [0, 0.05) is 37.0 Å². The number of nitrogens with one attached hydrogen (secondary N) is 1. The number of thiophene rings is 1. The molecule has 3 aromatic heterocycles. The lowest BCUT2D eigenvalue weighted by atomic mass is 10.0. The van der Waals surface area contributed by atoms with Crippen molar-refractivity contribution >= 4 is 28.7 Å². The van der Waals surface area contributed by atoms with Crippen molar-refractivity contribution in [1.82, 2.24) is 9.55 Å². The highest BCUT2D eigenvalue weighted by molar-refractivity contribution is 7.13. The lowest BCUT2D eigenvalue weighted by Gasteiger charge is -2.09. The van der Waals surface area contributed by atoms with Gasteiger partial charge in [0.25, 0.3) is 5.91 Å². The zero-order chi connectivity index (χ0) is 21.6. The first-order valence-electron chi connectivity index (χ1n) is 10.2. The molecular formula is C24H23N3O3S. The standard InChI is InChI=1S/C24H23N3O3S/c1-2-27-19(16-25-23(27)22-9-5-13-31-22)10-11-20(28)15-17-6-3-7-18(14-17)26-24(29)21-8-4-12-30-21/h3-9,12-14,16H,2,10-11,15H2,1H3,(H,26,29). The number of hydrogen-bond donors (Lipinski definition) is 1. The Kier molecular flexibility index (Phi) is 6.43. The van der Waals surface area contributed by atoms with E-state index in [2.05, 4.69) is 27.9 Å². The van der Waals surface area contributed by atoms with E-state index in [0.29, 0.717) is 24.9 Å². The van der Waals surface area contributed by atoms with Crippen molar-refractivity contribution in [3.8, 4) is 10.7 Å². The van der Waals surface area contributed by atoms with Gasteiger partial charge in [0.1, 0.15) is 11.6 Å². The Morgan fingerprint density at radius 2 is 2.06 bits per heavy atom. The van der Waals surface area contributed by atoms with Crippen LogP contribution in [0, 0.1) is 0 Å². The van der Waals surface area contributed by atoms with E-state index in [0.717, 1.165) is 28.5 Å². The minimum Gasteiger partial charge on any atom is -0.459 e. The summed E-state index contributed by atoms with van der Waals surface area (Å²) in [5.74, 6) is 1.04. The number of benzene rings is 1. The molecule has 0 saturated carbocycles. The summed E-state index contributed by atoms with van der Waals surface area (Å²) in [6, 6.07) is 14.7. The third kappa shape index (κ3) is 5.00. The second-order valence-electron chi connectivity index (χ2n) is 7.14. The van der Waals surface area contributed by atoms with Crippen molar-refractivity contribution in [2.24, 2.45) is 0 Å². The predicted octanol–water partition coefficient (Wildman–Crippen LogP) is 5.22. The highest BCUT2D eigenvalue weighted by Crippen LogP contribution is 2.25. The molecule has 1 aromatic carbocycles. The molecule has 0 spiro atoms. The Morgan fingerprint density at radius 3 is 2.81 bits per heavy atom. The number of aromatic nitrogens is 2. The maximum atomic E-state index is 12.6. The van der Waals surface area contributed by atoms with Crippen LogP contribution in [-0.2, 0) is 24.2 Å². The van der Waals surface area contributed by atoms with E-state index < -0.39 is 0 Å². The van der Waals surface area contributed by atoms with E-state index in [1.54, 1.807) is 29.5 Å². The number of nitrogens with zero attached hydrogens (tertiary/aromatic N) is 2. The summed E-state index contributed by atoms with van der Waals surface area (Å²) in [6.07, 6.45) is 4.75. The zero-order valence-electron chi connectivity index (χ0n) is 17.2. The molecule has 1 amide bonds. The van der Waals surface area contributed by atoms with E-state index in [4.69, 9.17) is 4.42 Å². The summed E-state index contributed by atoms with van der Waals surface area (Å²) in [5.41, 5.74) is 2.57. The van der Waals surface area contributed by atoms with Gasteiger partial charge < -0.3 is 14.3 Å². The van der Waals surface area contributed by atoms with Crippen LogP contribution in [0.1, 0.15) is 35.2 Å². The fraction of sp³-hybridized carbons (Fsp3) is 0.208. The topological polar surface area (TPSA) is 77.1 Å². The molecule has 0 aliphatic heterocycles. The fourth-order valence-corrected chi connectivity index (χ4v) is 4.24. The Bertz CT molecular complexity index is 1160. The van der Waals surface area contributed by atoms with Gasteiger partial charge in [0.15, 0.2) is 5.76 Å². The van der Waals surface area contributed by atoms with Gasteiger partial charge in [0.2, 0.25) is 0 Å². The van der Waals surface area contributed by atoms with E-state index in [9.17, 15) is 9.59 Å². The van der Waals surface area contributed by atoms with Crippen LogP contribution in [0.25, 0.3) is 10.7 Å². The second-order valence-corrected chi connectivity index (χ2v) is 8.09. The van der Waals surface area contributed by atoms with Gasteiger partial charge in [-0.15, -0.1) is 11.3 Å². The molecule has 4 rings (SSSR count). The Balaban J connectivity index is 1.36. The normalized spacial score (nSPS) is 10.9. The largest absolute Gasteiger partial charge is 0.459 e. The minimum atomic E-state index is -0.317. The molecule has 0 saturated heterocycles. The second kappa shape index (κ2) is 9.57. The molecule has 6 nitrogen and oxygen atoms in total. The van der Waals surface area contributed by atoms with Crippen LogP contribution in [0.5, 0.6) is 0 Å². The van der Waals surface area contributed by atoms with Crippen LogP contribution in [0.2, 0.25) is 0 Å². The molecule has 0 unspecified atom stereocenters. The predicted molar refractivity (Wildman–Crippen MR) is 121 cm³/mol. The average molecular weight is 434 g/mol. The van der Waals surface area contributed by atoms with Crippen molar-refractivity contribution in [1.29, 1.82) is 0 Å². The molecule has 0 fully saturated rings. The summed E-state index contributed by atoms with van der Waals surface area (Å²) in [5, 5.41) is 4.83. The van der Waals surface area contributed by atoms with Gasteiger partial charge in [-0.25, -0.2) is 4.98 Å². The maximum absolute atomic E-state index is 12.6. The number of Topliss-reactive ketones (excluding diaryl/α,β-unsaturated/α-hetero) is 1. The number of furan rings is 1. The highest BCUT2D eigenvalue weighted by Gasteiger charge is 2.14. The molecular weight excluding hydrogens is 410 g/mol. The van der Waals surface area contributed by atoms with Crippen molar-refractivity contribution in [3.05, 3.63) is 83.4 Å². The fourth-order valence-electron chi connectivity index (χ4n) is 3.51. The molecule has 0 atom stereocenters. The number of hydrogen-bond acceptors (Lipinski definition) is 5. The number of anilines is 1. The Hall–Kier alpha value is -3.45. The number of aryl methyl sites for hydroxylation is 1. The molecule has 0 radical (unpaired) electrons. The van der Waals surface area contributed by atoms with Gasteiger partial charge in [-0.05, 0) is 54.6 Å². The third-order valence-electron chi connectivity index (χ3n) is 4.99. The first kappa shape index (κ1) is 20.8. The number of rotatable bonds is 9. The highest BCUT2D eigenvalue weighted by atomic mass is 32.1. The van der Waals surface area contributed by atoms with E-state index in [-0.39, 0.29) is 17.5 Å². The van der Waals surface area contributed by atoms with Crippen LogP contribution in [-0.4, -0.2) is 21.2 Å².